The number of nitrogens with one attached hydrogen (secondary N) is 1. The normalized spacial score (nSPS) is 22.8. The molecule has 0 aliphatic heterocycles. The third-order valence-electron chi connectivity index (χ3n) is 3.85. The molecule has 116 valence electrons. The number of alkyl halides is 3. The molecule has 0 bridgehead atoms. The van der Waals surface area contributed by atoms with Crippen molar-refractivity contribution in [2.75, 3.05) is 11.1 Å². The van der Waals surface area contributed by atoms with Crippen LogP contribution in [0.3, 0.4) is 0 Å². The highest BCUT2D eigenvalue weighted by molar-refractivity contribution is 5.95. The molecule has 1 aromatic carbocycles. The van der Waals surface area contributed by atoms with Gasteiger partial charge < -0.3 is 16.2 Å². The lowest BCUT2D eigenvalue weighted by molar-refractivity contribution is -0.184. The number of rotatable bonds is 2. The number of phenolic OH excluding ortho intramolecular Hbond substituents is 1. The van der Waals surface area contributed by atoms with Gasteiger partial charge in [-0.15, -0.1) is 0 Å². The Morgan fingerprint density at radius 1 is 1.24 bits per heavy atom. The molecule has 4 N–H and O–H groups in total. The average Bonchev–Trinajstić information content (AvgIpc) is 2.41. The SMILES string of the molecule is Nc1cc(O)ccc1NC(=O)C1CCC(C(F)(F)F)CC1. The minimum atomic E-state index is -4.18. The molecule has 7 heteroatoms. The highest BCUT2D eigenvalue weighted by Gasteiger charge is 2.42. The molecule has 4 nitrogen and oxygen atoms in total. The minimum absolute atomic E-state index is 0.0174. The summed E-state index contributed by atoms with van der Waals surface area (Å²) in [5.74, 6) is -2.08. The summed E-state index contributed by atoms with van der Waals surface area (Å²) in [4.78, 5) is 12.1. The van der Waals surface area contributed by atoms with E-state index in [1.807, 2.05) is 0 Å². The molecule has 0 heterocycles. The highest BCUT2D eigenvalue weighted by Crippen LogP contribution is 2.39. The molecule has 21 heavy (non-hydrogen) atoms. The molecule has 2 rings (SSSR count). The van der Waals surface area contributed by atoms with E-state index < -0.39 is 18.0 Å². The molecular weight excluding hydrogens is 285 g/mol. The Labute approximate surface area is 120 Å². The van der Waals surface area contributed by atoms with Crippen molar-refractivity contribution >= 4 is 17.3 Å². The van der Waals surface area contributed by atoms with E-state index in [1.54, 1.807) is 0 Å². The van der Waals surface area contributed by atoms with Gasteiger partial charge in [0.05, 0.1) is 17.3 Å². The summed E-state index contributed by atoms with van der Waals surface area (Å²) in [7, 11) is 0. The van der Waals surface area contributed by atoms with Gasteiger partial charge in [-0.3, -0.25) is 4.79 Å². The molecule has 0 saturated heterocycles. The number of hydrogen-bond donors (Lipinski definition) is 3. The number of amides is 1. The van der Waals surface area contributed by atoms with Crippen LogP contribution in [-0.4, -0.2) is 17.2 Å². The number of hydrogen-bond acceptors (Lipinski definition) is 3. The van der Waals surface area contributed by atoms with Crippen molar-refractivity contribution in [1.29, 1.82) is 0 Å². The second-order valence-electron chi connectivity index (χ2n) is 5.35. The molecule has 1 aromatic rings. The van der Waals surface area contributed by atoms with Gasteiger partial charge in [0.15, 0.2) is 0 Å². The first-order valence-corrected chi connectivity index (χ1v) is 6.73. The van der Waals surface area contributed by atoms with E-state index in [-0.39, 0.29) is 43.0 Å². The Morgan fingerprint density at radius 3 is 2.38 bits per heavy atom. The number of phenols is 1. The molecule has 0 radical (unpaired) electrons. The van der Waals surface area contributed by atoms with Crippen LogP contribution in [0.5, 0.6) is 5.75 Å². The molecule has 1 fully saturated rings. The van der Waals surface area contributed by atoms with Crippen LogP contribution in [0.2, 0.25) is 0 Å². The number of carbonyl (C=O) groups is 1. The molecule has 0 spiro atoms. The van der Waals surface area contributed by atoms with Crippen molar-refractivity contribution in [3.63, 3.8) is 0 Å². The van der Waals surface area contributed by atoms with E-state index in [0.717, 1.165) is 0 Å². The lowest BCUT2D eigenvalue weighted by Gasteiger charge is -2.29. The molecule has 0 aromatic heterocycles. The van der Waals surface area contributed by atoms with Gasteiger partial charge in [0.1, 0.15) is 5.75 Å². The summed E-state index contributed by atoms with van der Waals surface area (Å²) in [6, 6.07) is 4.15. The fourth-order valence-corrected chi connectivity index (χ4v) is 2.58. The number of nitrogen functional groups attached to an aromatic ring is 1. The van der Waals surface area contributed by atoms with Crippen LogP contribution in [0, 0.1) is 11.8 Å². The zero-order valence-electron chi connectivity index (χ0n) is 11.3. The zero-order chi connectivity index (χ0) is 15.6. The Morgan fingerprint density at radius 2 is 1.86 bits per heavy atom. The third kappa shape index (κ3) is 3.80. The van der Waals surface area contributed by atoms with Gasteiger partial charge in [-0.1, -0.05) is 0 Å². The minimum Gasteiger partial charge on any atom is -0.508 e. The predicted octanol–water partition coefficient (Wildman–Crippen LogP) is 3.28. The molecule has 1 aliphatic rings. The van der Waals surface area contributed by atoms with E-state index in [2.05, 4.69) is 5.32 Å². The maximum atomic E-state index is 12.6. The van der Waals surface area contributed by atoms with Crippen molar-refractivity contribution in [1.82, 2.24) is 0 Å². The van der Waals surface area contributed by atoms with Gasteiger partial charge in [0.2, 0.25) is 5.91 Å². The Kier molecular flexibility index (Phi) is 4.29. The van der Waals surface area contributed by atoms with E-state index in [0.29, 0.717) is 5.69 Å². The van der Waals surface area contributed by atoms with E-state index in [1.165, 1.54) is 18.2 Å². The van der Waals surface area contributed by atoms with Crippen LogP contribution in [0.4, 0.5) is 24.5 Å². The summed E-state index contributed by atoms with van der Waals surface area (Å²) >= 11 is 0. The summed E-state index contributed by atoms with van der Waals surface area (Å²) in [5, 5.41) is 11.8. The fourth-order valence-electron chi connectivity index (χ4n) is 2.58. The van der Waals surface area contributed by atoms with Crippen LogP contribution >= 0.6 is 0 Å². The summed E-state index contributed by atoms with van der Waals surface area (Å²) < 4.78 is 37.7. The summed E-state index contributed by atoms with van der Waals surface area (Å²) in [5.41, 5.74) is 6.23. The van der Waals surface area contributed by atoms with Crippen molar-refractivity contribution in [3.8, 4) is 5.75 Å². The fraction of sp³-hybridized carbons (Fsp3) is 0.500. The third-order valence-corrected chi connectivity index (χ3v) is 3.85. The van der Waals surface area contributed by atoms with Crippen LogP contribution in [0.1, 0.15) is 25.7 Å². The largest absolute Gasteiger partial charge is 0.508 e. The maximum absolute atomic E-state index is 12.6. The van der Waals surface area contributed by atoms with Gasteiger partial charge in [-0.05, 0) is 37.8 Å². The molecule has 0 atom stereocenters. The summed E-state index contributed by atoms with van der Waals surface area (Å²) in [6.07, 6.45) is -3.79. The zero-order valence-corrected chi connectivity index (χ0v) is 11.3. The van der Waals surface area contributed by atoms with Crippen LogP contribution in [0.15, 0.2) is 18.2 Å². The van der Waals surface area contributed by atoms with Crippen molar-refractivity contribution < 1.29 is 23.1 Å². The van der Waals surface area contributed by atoms with Gasteiger partial charge in [-0.25, -0.2) is 0 Å². The van der Waals surface area contributed by atoms with E-state index >= 15 is 0 Å². The molecule has 0 unspecified atom stereocenters. The van der Waals surface area contributed by atoms with Gasteiger partial charge >= 0.3 is 6.18 Å². The first-order valence-electron chi connectivity index (χ1n) is 6.73. The number of nitrogens with two attached hydrogens (primary N) is 1. The molecular formula is C14H17F3N2O2. The quantitative estimate of drug-likeness (QED) is 0.579. The molecule has 1 aliphatic carbocycles. The Bertz CT molecular complexity index is 523. The first kappa shape index (κ1) is 15.5. The first-order chi connectivity index (χ1) is 9.77. The second kappa shape index (κ2) is 5.83. The van der Waals surface area contributed by atoms with Crippen molar-refractivity contribution in [2.24, 2.45) is 11.8 Å². The highest BCUT2D eigenvalue weighted by atomic mass is 19.4. The standard InChI is InChI=1S/C14H17F3N2O2/c15-14(16,17)9-3-1-8(2-4-9)13(21)19-12-6-5-10(20)7-11(12)18/h5-9,20H,1-4,18H2,(H,19,21). The topological polar surface area (TPSA) is 75.3 Å². The Balaban J connectivity index is 1.93. The average molecular weight is 302 g/mol. The van der Waals surface area contributed by atoms with Gasteiger partial charge in [-0.2, -0.15) is 13.2 Å². The maximum Gasteiger partial charge on any atom is 0.391 e. The van der Waals surface area contributed by atoms with Crippen LogP contribution in [-0.2, 0) is 4.79 Å². The number of aromatic hydroxyl groups is 1. The molecule has 1 saturated carbocycles. The monoisotopic (exact) mass is 302 g/mol. The second-order valence-corrected chi connectivity index (χ2v) is 5.35. The van der Waals surface area contributed by atoms with E-state index in [9.17, 15) is 23.1 Å². The number of halogens is 3. The lowest BCUT2D eigenvalue weighted by atomic mass is 9.81. The van der Waals surface area contributed by atoms with Crippen molar-refractivity contribution in [3.05, 3.63) is 18.2 Å². The number of carbonyl (C=O) groups excluding carboxylic acids is 1. The predicted molar refractivity (Wildman–Crippen MR) is 72.7 cm³/mol. The smallest absolute Gasteiger partial charge is 0.391 e. The Hall–Kier alpha value is -1.92. The van der Waals surface area contributed by atoms with Gasteiger partial charge in [0.25, 0.3) is 0 Å². The lowest BCUT2D eigenvalue weighted by Crippen LogP contribution is -2.32. The number of benzene rings is 1. The number of anilines is 2. The van der Waals surface area contributed by atoms with Crippen LogP contribution in [0.25, 0.3) is 0 Å². The molecule has 1 amide bonds. The van der Waals surface area contributed by atoms with E-state index in [4.69, 9.17) is 5.73 Å². The van der Waals surface area contributed by atoms with Crippen LogP contribution < -0.4 is 11.1 Å². The van der Waals surface area contributed by atoms with Crippen molar-refractivity contribution in [2.45, 2.75) is 31.9 Å². The summed E-state index contributed by atoms with van der Waals surface area (Å²) in [6.45, 7) is 0. The van der Waals surface area contributed by atoms with Gasteiger partial charge in [0, 0.05) is 12.0 Å².